The van der Waals surface area contributed by atoms with Gasteiger partial charge in [0.1, 0.15) is 0 Å². The third kappa shape index (κ3) is 7.28. The van der Waals surface area contributed by atoms with Crippen molar-refractivity contribution in [3.8, 4) is 0 Å². The summed E-state index contributed by atoms with van der Waals surface area (Å²) in [5.41, 5.74) is 0. The molecular weight excluding hydrogens is 236 g/mol. The molecule has 19 heavy (non-hydrogen) atoms. The number of unbranched alkanes of at least 4 members (excludes halogenated alkanes) is 1. The van der Waals surface area contributed by atoms with Gasteiger partial charge in [0.05, 0.1) is 12.7 Å². The van der Waals surface area contributed by atoms with Crippen LogP contribution < -0.4 is 0 Å². The lowest BCUT2D eigenvalue weighted by molar-refractivity contribution is 0.00375. The lowest BCUT2D eigenvalue weighted by Crippen LogP contribution is -2.41. The Labute approximate surface area is 120 Å². The van der Waals surface area contributed by atoms with Gasteiger partial charge >= 0.3 is 0 Å². The highest BCUT2D eigenvalue weighted by atomic mass is 16.5. The van der Waals surface area contributed by atoms with Crippen molar-refractivity contribution in [1.29, 1.82) is 0 Å². The number of ether oxygens (including phenoxy) is 1. The van der Waals surface area contributed by atoms with E-state index in [1.165, 1.54) is 51.7 Å². The molecule has 2 atom stereocenters. The maximum absolute atomic E-state index is 6.02. The summed E-state index contributed by atoms with van der Waals surface area (Å²) in [6.07, 6.45) is 7.02. The van der Waals surface area contributed by atoms with Gasteiger partial charge in [-0.1, -0.05) is 19.8 Å². The highest BCUT2D eigenvalue weighted by molar-refractivity contribution is 4.71. The molecule has 0 aromatic heterocycles. The molecular formula is C16H34N2O. The maximum Gasteiger partial charge on any atom is 0.0674 e. The highest BCUT2D eigenvalue weighted by Gasteiger charge is 2.17. The van der Waals surface area contributed by atoms with Crippen LogP contribution in [0.5, 0.6) is 0 Å². The number of hydrogen-bond donors (Lipinski definition) is 0. The van der Waals surface area contributed by atoms with E-state index in [9.17, 15) is 0 Å². The second-order valence-corrected chi connectivity index (χ2v) is 6.21. The molecule has 3 nitrogen and oxygen atoms in total. The Bertz CT molecular complexity index is 217. The van der Waals surface area contributed by atoms with Crippen LogP contribution in [0.3, 0.4) is 0 Å². The SMILES string of the molecule is CCCCN(C)CC(C)OCC(C)N1CCCCC1. The third-order valence-electron chi connectivity index (χ3n) is 4.10. The van der Waals surface area contributed by atoms with Gasteiger partial charge in [-0.25, -0.2) is 0 Å². The number of piperidine rings is 1. The van der Waals surface area contributed by atoms with Crippen LogP contribution in [0.25, 0.3) is 0 Å². The molecule has 1 rings (SSSR count). The van der Waals surface area contributed by atoms with Crippen LogP contribution in [0, 0.1) is 0 Å². The van der Waals surface area contributed by atoms with Gasteiger partial charge in [0.15, 0.2) is 0 Å². The second-order valence-electron chi connectivity index (χ2n) is 6.21. The molecule has 0 N–H and O–H groups in total. The first-order chi connectivity index (χ1) is 9.13. The topological polar surface area (TPSA) is 15.7 Å². The Morgan fingerprint density at radius 3 is 2.47 bits per heavy atom. The van der Waals surface area contributed by atoms with Gasteiger partial charge in [-0.2, -0.15) is 0 Å². The molecule has 3 heteroatoms. The lowest BCUT2D eigenvalue weighted by Gasteiger charge is -2.33. The molecule has 0 saturated carbocycles. The van der Waals surface area contributed by atoms with Crippen molar-refractivity contribution in [3.63, 3.8) is 0 Å². The Morgan fingerprint density at radius 2 is 1.84 bits per heavy atom. The quantitative estimate of drug-likeness (QED) is 0.640. The van der Waals surface area contributed by atoms with E-state index in [4.69, 9.17) is 4.74 Å². The summed E-state index contributed by atoms with van der Waals surface area (Å²) in [5, 5.41) is 0. The largest absolute Gasteiger partial charge is 0.376 e. The molecule has 0 amide bonds. The number of hydrogen-bond acceptors (Lipinski definition) is 3. The predicted molar refractivity (Wildman–Crippen MR) is 82.7 cm³/mol. The monoisotopic (exact) mass is 270 g/mol. The fourth-order valence-electron chi connectivity index (χ4n) is 2.78. The summed E-state index contributed by atoms with van der Waals surface area (Å²) in [5.74, 6) is 0. The molecule has 0 bridgehead atoms. The van der Waals surface area contributed by atoms with E-state index in [0.717, 1.165) is 13.2 Å². The molecule has 1 fully saturated rings. The van der Waals surface area contributed by atoms with Crippen LogP contribution in [-0.2, 0) is 4.74 Å². The van der Waals surface area contributed by atoms with Crippen LogP contribution in [0.15, 0.2) is 0 Å². The first kappa shape index (κ1) is 16.9. The molecule has 0 aliphatic carbocycles. The van der Waals surface area contributed by atoms with Gasteiger partial charge in [-0.05, 0) is 59.8 Å². The van der Waals surface area contributed by atoms with Crippen LogP contribution in [0.2, 0.25) is 0 Å². The molecule has 1 saturated heterocycles. The number of rotatable bonds is 9. The Balaban J connectivity index is 2.12. The van der Waals surface area contributed by atoms with Gasteiger partial charge in [-0.3, -0.25) is 4.90 Å². The minimum absolute atomic E-state index is 0.342. The fraction of sp³-hybridized carbons (Fsp3) is 1.00. The molecule has 0 spiro atoms. The fourth-order valence-corrected chi connectivity index (χ4v) is 2.78. The number of likely N-dealkylation sites (tertiary alicyclic amines) is 1. The standard InChI is InChI=1S/C16H34N2O/c1-5-6-10-17(4)13-16(3)19-14-15(2)18-11-8-7-9-12-18/h15-16H,5-14H2,1-4H3. The van der Waals surface area contributed by atoms with Crippen molar-refractivity contribution in [2.45, 2.75) is 65.0 Å². The van der Waals surface area contributed by atoms with Crippen LogP contribution in [0.4, 0.5) is 0 Å². The summed E-state index contributed by atoms with van der Waals surface area (Å²) in [4.78, 5) is 4.97. The summed E-state index contributed by atoms with van der Waals surface area (Å²) in [6, 6.07) is 0.573. The molecule has 0 aromatic carbocycles. The van der Waals surface area contributed by atoms with E-state index < -0.39 is 0 Å². The molecule has 1 heterocycles. The van der Waals surface area contributed by atoms with E-state index in [2.05, 4.69) is 37.6 Å². The summed E-state index contributed by atoms with van der Waals surface area (Å²) in [6.45, 7) is 12.4. The van der Waals surface area contributed by atoms with Gasteiger partial charge in [-0.15, -0.1) is 0 Å². The zero-order valence-corrected chi connectivity index (χ0v) is 13.5. The van der Waals surface area contributed by atoms with Gasteiger partial charge in [0.2, 0.25) is 0 Å². The molecule has 2 unspecified atom stereocenters. The average Bonchev–Trinajstić information content (AvgIpc) is 2.43. The van der Waals surface area contributed by atoms with Crippen LogP contribution in [0.1, 0.15) is 52.9 Å². The highest BCUT2D eigenvalue weighted by Crippen LogP contribution is 2.12. The van der Waals surface area contributed by atoms with E-state index in [1.54, 1.807) is 0 Å². The van der Waals surface area contributed by atoms with Crippen molar-refractivity contribution in [3.05, 3.63) is 0 Å². The minimum Gasteiger partial charge on any atom is -0.376 e. The van der Waals surface area contributed by atoms with Crippen LogP contribution >= 0.6 is 0 Å². The minimum atomic E-state index is 0.342. The molecule has 114 valence electrons. The van der Waals surface area contributed by atoms with Gasteiger partial charge in [0, 0.05) is 12.6 Å². The Morgan fingerprint density at radius 1 is 1.16 bits per heavy atom. The molecule has 0 aromatic rings. The number of likely N-dealkylation sites (N-methyl/N-ethyl adjacent to an activating group) is 1. The first-order valence-electron chi connectivity index (χ1n) is 8.17. The van der Waals surface area contributed by atoms with E-state index in [-0.39, 0.29) is 0 Å². The predicted octanol–water partition coefficient (Wildman–Crippen LogP) is 3.00. The summed E-state index contributed by atoms with van der Waals surface area (Å²) >= 11 is 0. The van der Waals surface area contributed by atoms with E-state index >= 15 is 0 Å². The van der Waals surface area contributed by atoms with Gasteiger partial charge in [0.25, 0.3) is 0 Å². The summed E-state index contributed by atoms with van der Waals surface area (Å²) in [7, 11) is 2.20. The summed E-state index contributed by atoms with van der Waals surface area (Å²) < 4.78 is 6.02. The third-order valence-corrected chi connectivity index (χ3v) is 4.10. The van der Waals surface area contributed by atoms with E-state index in [0.29, 0.717) is 12.1 Å². The zero-order chi connectivity index (χ0) is 14.1. The van der Waals surface area contributed by atoms with Crippen molar-refractivity contribution in [2.24, 2.45) is 0 Å². The van der Waals surface area contributed by atoms with Crippen molar-refractivity contribution < 1.29 is 4.74 Å². The smallest absolute Gasteiger partial charge is 0.0674 e. The number of nitrogens with zero attached hydrogens (tertiary/aromatic N) is 2. The van der Waals surface area contributed by atoms with Gasteiger partial charge < -0.3 is 9.64 Å². The van der Waals surface area contributed by atoms with Crippen molar-refractivity contribution >= 4 is 0 Å². The molecule has 1 aliphatic heterocycles. The van der Waals surface area contributed by atoms with Crippen LogP contribution in [-0.4, -0.2) is 61.8 Å². The second kappa shape index (κ2) is 9.73. The normalized spacial score (nSPS) is 20.7. The average molecular weight is 270 g/mol. The Hall–Kier alpha value is -0.120. The lowest BCUT2D eigenvalue weighted by atomic mass is 10.1. The Kier molecular flexibility index (Phi) is 8.67. The maximum atomic E-state index is 6.02. The van der Waals surface area contributed by atoms with E-state index in [1.807, 2.05) is 0 Å². The van der Waals surface area contributed by atoms with Crippen molar-refractivity contribution in [1.82, 2.24) is 9.80 Å². The first-order valence-corrected chi connectivity index (χ1v) is 8.17. The van der Waals surface area contributed by atoms with Crippen molar-refractivity contribution in [2.75, 3.05) is 39.8 Å². The molecule has 1 aliphatic rings. The zero-order valence-electron chi connectivity index (χ0n) is 13.5. The molecule has 0 radical (unpaired) electrons.